The van der Waals surface area contributed by atoms with Gasteiger partial charge >= 0.3 is 5.97 Å². The van der Waals surface area contributed by atoms with E-state index >= 15 is 0 Å². The van der Waals surface area contributed by atoms with Gasteiger partial charge in [-0.25, -0.2) is 9.78 Å². The van der Waals surface area contributed by atoms with Gasteiger partial charge in [0.1, 0.15) is 12.1 Å². The minimum Gasteiger partial charge on any atom is -0.480 e. The van der Waals surface area contributed by atoms with E-state index < -0.39 is 24.0 Å². The lowest BCUT2D eigenvalue weighted by molar-refractivity contribution is -0.143. The number of nitrogens with zero attached hydrogens (tertiary/aromatic N) is 2. The van der Waals surface area contributed by atoms with Crippen molar-refractivity contribution in [1.29, 1.82) is 0 Å². The highest BCUT2D eigenvalue weighted by Gasteiger charge is 2.35. The number of imidazole rings is 1. The third-order valence-electron chi connectivity index (χ3n) is 3.63. The van der Waals surface area contributed by atoms with Crippen LogP contribution in [-0.4, -0.2) is 62.9 Å². The summed E-state index contributed by atoms with van der Waals surface area (Å²) in [6.07, 6.45) is 4.28. The maximum absolute atomic E-state index is 12.3. The summed E-state index contributed by atoms with van der Waals surface area (Å²) >= 11 is 0. The summed E-state index contributed by atoms with van der Waals surface area (Å²) in [7, 11) is 0. The molecule has 9 nitrogen and oxygen atoms in total. The number of nitrogens with two attached hydrogens (primary N) is 1. The van der Waals surface area contributed by atoms with Crippen molar-refractivity contribution in [1.82, 2.24) is 20.2 Å². The first kappa shape index (κ1) is 16.0. The lowest BCUT2D eigenvalue weighted by atomic mass is 10.1. The zero-order chi connectivity index (χ0) is 16.1. The summed E-state index contributed by atoms with van der Waals surface area (Å²) in [6, 6.07) is -1.75. The molecule has 1 saturated heterocycles. The zero-order valence-corrected chi connectivity index (χ0v) is 12.0. The maximum Gasteiger partial charge on any atom is 0.326 e. The van der Waals surface area contributed by atoms with Crippen molar-refractivity contribution >= 4 is 17.8 Å². The van der Waals surface area contributed by atoms with E-state index in [1.54, 1.807) is 6.20 Å². The van der Waals surface area contributed by atoms with Gasteiger partial charge in [-0.15, -0.1) is 0 Å². The predicted molar refractivity (Wildman–Crippen MR) is 75.6 cm³/mol. The van der Waals surface area contributed by atoms with Crippen LogP contribution in [0.15, 0.2) is 12.5 Å². The molecule has 0 bridgehead atoms. The second kappa shape index (κ2) is 7.03. The number of hydrogen-bond acceptors (Lipinski definition) is 5. The van der Waals surface area contributed by atoms with Crippen LogP contribution < -0.4 is 11.1 Å². The lowest BCUT2D eigenvalue weighted by Crippen LogP contribution is -2.52. The molecule has 1 fully saturated rings. The molecule has 9 heteroatoms. The quantitative estimate of drug-likeness (QED) is 0.502. The minimum absolute atomic E-state index is 0.0716. The number of carbonyl (C=O) groups is 3. The van der Waals surface area contributed by atoms with Crippen molar-refractivity contribution in [2.75, 3.05) is 13.1 Å². The number of amides is 2. The average molecular weight is 309 g/mol. The van der Waals surface area contributed by atoms with Crippen molar-refractivity contribution in [3.63, 3.8) is 0 Å². The molecular weight excluding hydrogens is 290 g/mol. The summed E-state index contributed by atoms with van der Waals surface area (Å²) in [5, 5.41) is 11.7. The van der Waals surface area contributed by atoms with Gasteiger partial charge in [0, 0.05) is 19.2 Å². The minimum atomic E-state index is -1.15. The molecule has 0 unspecified atom stereocenters. The molecule has 0 aromatic carbocycles. The normalized spacial score (nSPS) is 19.0. The van der Waals surface area contributed by atoms with Crippen LogP contribution in [0.25, 0.3) is 0 Å². The van der Waals surface area contributed by atoms with Gasteiger partial charge in [0.25, 0.3) is 0 Å². The van der Waals surface area contributed by atoms with Crippen LogP contribution in [0.3, 0.4) is 0 Å². The van der Waals surface area contributed by atoms with E-state index in [1.165, 1.54) is 11.2 Å². The topological polar surface area (TPSA) is 141 Å². The average Bonchev–Trinajstić information content (AvgIpc) is 3.16. The Hall–Kier alpha value is -2.42. The van der Waals surface area contributed by atoms with Gasteiger partial charge in [0.05, 0.1) is 18.6 Å². The number of rotatable bonds is 6. The molecule has 22 heavy (non-hydrogen) atoms. The molecule has 2 atom stereocenters. The monoisotopic (exact) mass is 309 g/mol. The van der Waals surface area contributed by atoms with Gasteiger partial charge < -0.3 is 26.0 Å². The first-order chi connectivity index (χ1) is 10.5. The molecule has 0 saturated carbocycles. The van der Waals surface area contributed by atoms with Crippen LogP contribution >= 0.6 is 0 Å². The number of H-pyrrole nitrogens is 1. The number of carboxylic acids is 1. The Morgan fingerprint density at radius 3 is 2.91 bits per heavy atom. The van der Waals surface area contributed by atoms with Gasteiger partial charge in [-0.3, -0.25) is 9.59 Å². The predicted octanol–water partition coefficient (Wildman–Crippen LogP) is -1.53. The fourth-order valence-corrected chi connectivity index (χ4v) is 2.53. The Morgan fingerprint density at radius 2 is 2.32 bits per heavy atom. The second-order valence-corrected chi connectivity index (χ2v) is 5.11. The molecule has 1 aromatic heterocycles. The van der Waals surface area contributed by atoms with Crippen LogP contribution in [0, 0.1) is 0 Å². The van der Waals surface area contributed by atoms with Gasteiger partial charge in [-0.2, -0.15) is 0 Å². The van der Waals surface area contributed by atoms with E-state index in [-0.39, 0.29) is 18.9 Å². The number of carbonyl (C=O) groups excluding carboxylic acids is 2. The largest absolute Gasteiger partial charge is 0.480 e. The molecule has 2 amide bonds. The number of carboxylic acid groups (broad SMARTS) is 1. The van der Waals surface area contributed by atoms with Gasteiger partial charge in [-0.05, 0) is 12.8 Å². The number of hydrogen-bond donors (Lipinski definition) is 4. The van der Waals surface area contributed by atoms with Gasteiger partial charge in [-0.1, -0.05) is 0 Å². The molecule has 120 valence electrons. The molecule has 1 aliphatic heterocycles. The first-order valence-corrected chi connectivity index (χ1v) is 7.03. The van der Waals surface area contributed by atoms with Crippen molar-refractivity contribution < 1.29 is 19.5 Å². The zero-order valence-electron chi connectivity index (χ0n) is 12.0. The Balaban J connectivity index is 2.01. The molecule has 2 heterocycles. The summed E-state index contributed by atoms with van der Waals surface area (Å²) in [5.41, 5.74) is 5.86. The summed E-state index contributed by atoms with van der Waals surface area (Å²) in [4.78, 5) is 43.4. The molecule has 0 spiro atoms. The number of aromatic nitrogens is 2. The van der Waals surface area contributed by atoms with Gasteiger partial charge in [0.15, 0.2) is 0 Å². The van der Waals surface area contributed by atoms with E-state index in [0.717, 1.165) is 0 Å². The third-order valence-corrected chi connectivity index (χ3v) is 3.63. The van der Waals surface area contributed by atoms with Crippen molar-refractivity contribution in [2.45, 2.75) is 31.3 Å². The molecule has 2 rings (SSSR count). The van der Waals surface area contributed by atoms with Crippen LogP contribution in [0.2, 0.25) is 0 Å². The fraction of sp³-hybridized carbons (Fsp3) is 0.538. The molecule has 0 aliphatic carbocycles. The van der Waals surface area contributed by atoms with Crippen LogP contribution in [0.4, 0.5) is 0 Å². The Bertz CT molecular complexity index is 545. The number of likely N-dealkylation sites (tertiary alicyclic amines) is 1. The molecule has 1 aromatic rings. The van der Waals surface area contributed by atoms with Crippen LogP contribution in [-0.2, 0) is 20.8 Å². The first-order valence-electron chi connectivity index (χ1n) is 7.03. The summed E-state index contributed by atoms with van der Waals surface area (Å²) < 4.78 is 0. The fourth-order valence-electron chi connectivity index (χ4n) is 2.53. The van der Waals surface area contributed by atoms with Crippen LogP contribution in [0.1, 0.15) is 18.5 Å². The Labute approximate surface area is 126 Å². The van der Waals surface area contributed by atoms with Crippen LogP contribution in [0.5, 0.6) is 0 Å². The molecule has 1 aliphatic rings. The SMILES string of the molecule is NCC(=O)N1CCC[C@H]1C(=O)N[C@@H](Cc1c[nH]cn1)C(=O)O. The highest BCUT2D eigenvalue weighted by atomic mass is 16.4. The Morgan fingerprint density at radius 1 is 1.55 bits per heavy atom. The summed E-state index contributed by atoms with van der Waals surface area (Å²) in [5.74, 6) is -1.93. The van der Waals surface area contributed by atoms with E-state index in [4.69, 9.17) is 5.73 Å². The molecule has 5 N–H and O–H groups in total. The lowest BCUT2D eigenvalue weighted by Gasteiger charge is -2.25. The van der Waals surface area contributed by atoms with Crippen molar-refractivity contribution in [2.24, 2.45) is 5.73 Å². The van der Waals surface area contributed by atoms with E-state index in [2.05, 4.69) is 15.3 Å². The van der Waals surface area contributed by atoms with Crippen molar-refractivity contribution in [3.8, 4) is 0 Å². The summed E-state index contributed by atoms with van der Waals surface area (Å²) in [6.45, 7) is 0.296. The Kier molecular flexibility index (Phi) is 5.10. The highest BCUT2D eigenvalue weighted by Crippen LogP contribution is 2.17. The number of nitrogens with one attached hydrogen (secondary N) is 2. The second-order valence-electron chi connectivity index (χ2n) is 5.11. The van der Waals surface area contributed by atoms with Crippen molar-refractivity contribution in [3.05, 3.63) is 18.2 Å². The highest BCUT2D eigenvalue weighted by molar-refractivity contribution is 5.91. The smallest absolute Gasteiger partial charge is 0.326 e. The van der Waals surface area contributed by atoms with E-state index in [1.807, 2.05) is 0 Å². The standard InChI is InChI=1S/C13H19N5O4/c14-5-11(19)18-3-1-2-10(18)12(20)17-9(13(21)22)4-8-6-15-7-16-8/h6-7,9-10H,1-5,14H2,(H,15,16)(H,17,20)(H,21,22)/t9-,10-/m0/s1. The molecule has 0 radical (unpaired) electrons. The third kappa shape index (κ3) is 3.61. The molecular formula is C13H19N5O4. The van der Waals surface area contributed by atoms with E-state index in [0.29, 0.717) is 25.1 Å². The number of aromatic amines is 1. The number of aliphatic carboxylic acids is 1. The maximum atomic E-state index is 12.3. The van der Waals surface area contributed by atoms with Gasteiger partial charge in [0.2, 0.25) is 11.8 Å². The van der Waals surface area contributed by atoms with E-state index in [9.17, 15) is 19.5 Å².